The number of urea groups is 1. The van der Waals surface area contributed by atoms with Crippen molar-refractivity contribution in [3.63, 3.8) is 0 Å². The van der Waals surface area contributed by atoms with Crippen LogP contribution in [0.3, 0.4) is 0 Å². The van der Waals surface area contributed by atoms with Gasteiger partial charge >= 0.3 is 6.03 Å². The molecule has 1 saturated carbocycles. The maximum Gasteiger partial charge on any atom is 0.324 e. The minimum atomic E-state index is -0.0690. The third-order valence-electron chi connectivity index (χ3n) is 8.50. The number of para-hydroxylation sites is 1. The van der Waals surface area contributed by atoms with E-state index < -0.39 is 0 Å². The molecule has 40 heavy (non-hydrogen) atoms. The summed E-state index contributed by atoms with van der Waals surface area (Å²) in [5.41, 5.74) is 4.28. The van der Waals surface area contributed by atoms with Crippen molar-refractivity contribution < 1.29 is 14.3 Å². The van der Waals surface area contributed by atoms with E-state index in [0.717, 1.165) is 74.2 Å². The number of hydrogen-bond acceptors (Lipinski definition) is 3. The summed E-state index contributed by atoms with van der Waals surface area (Å²) in [6.45, 7) is 4.20. The fourth-order valence-electron chi connectivity index (χ4n) is 6.15. The lowest BCUT2D eigenvalue weighted by atomic mass is 9.74. The van der Waals surface area contributed by atoms with Crippen molar-refractivity contribution in [2.75, 3.05) is 25.1 Å². The predicted molar refractivity (Wildman–Crippen MR) is 160 cm³/mol. The summed E-state index contributed by atoms with van der Waals surface area (Å²) in [6, 6.07) is 26.4. The zero-order chi connectivity index (χ0) is 27.9. The van der Waals surface area contributed by atoms with E-state index in [4.69, 9.17) is 4.74 Å². The van der Waals surface area contributed by atoms with Crippen molar-refractivity contribution in [2.45, 2.75) is 64.0 Å². The first-order valence-corrected chi connectivity index (χ1v) is 14.7. The highest BCUT2D eigenvalue weighted by molar-refractivity contribution is 5.92. The van der Waals surface area contributed by atoms with Gasteiger partial charge in [-0.25, -0.2) is 4.79 Å². The van der Waals surface area contributed by atoms with Gasteiger partial charge < -0.3 is 15.0 Å². The molecule has 3 amide bonds. The topological polar surface area (TPSA) is 61.9 Å². The van der Waals surface area contributed by atoms with Crippen molar-refractivity contribution in [3.8, 4) is 5.75 Å². The third kappa shape index (κ3) is 6.49. The van der Waals surface area contributed by atoms with E-state index in [9.17, 15) is 9.59 Å². The Bertz CT molecular complexity index is 1250. The van der Waals surface area contributed by atoms with Crippen LogP contribution in [0, 0.1) is 5.92 Å². The van der Waals surface area contributed by atoms with Crippen LogP contribution < -0.4 is 15.0 Å². The number of amides is 3. The van der Waals surface area contributed by atoms with Crippen LogP contribution in [0.4, 0.5) is 10.5 Å². The monoisotopic (exact) mass is 539 g/mol. The third-order valence-corrected chi connectivity index (χ3v) is 8.50. The Morgan fingerprint density at radius 3 is 2.25 bits per heavy atom. The molecule has 6 heteroatoms. The smallest absolute Gasteiger partial charge is 0.324 e. The van der Waals surface area contributed by atoms with Gasteiger partial charge in [0, 0.05) is 24.7 Å². The molecule has 3 atom stereocenters. The van der Waals surface area contributed by atoms with E-state index in [2.05, 4.69) is 29.6 Å². The molecule has 0 aromatic heterocycles. The molecular formula is C34H41N3O3. The van der Waals surface area contributed by atoms with E-state index in [0.29, 0.717) is 6.54 Å². The second kappa shape index (κ2) is 13.0. The number of rotatable bonds is 8. The molecule has 3 aromatic rings. The number of carbonyl (C=O) groups excluding carboxylic acids is 2. The molecule has 0 radical (unpaired) electrons. The molecule has 5 rings (SSSR count). The van der Waals surface area contributed by atoms with Gasteiger partial charge in [-0.1, -0.05) is 67.4 Å². The van der Waals surface area contributed by atoms with Gasteiger partial charge in [-0.05, 0) is 79.5 Å². The molecule has 1 N–H and O–H groups in total. The van der Waals surface area contributed by atoms with Crippen LogP contribution >= 0.6 is 0 Å². The fourth-order valence-corrected chi connectivity index (χ4v) is 6.15. The molecule has 1 unspecified atom stereocenters. The number of nitrogens with zero attached hydrogens (tertiary/aromatic N) is 2. The SMILES string of the molecule is COc1ccc(C(C)NC(=O)[C@H]2CCCC[C@@H]2c2ccc(CN(C(=O)N3CCCC3)c3ccccc3)cc2)cc1. The number of methoxy groups -OCH3 is 1. The van der Waals surface area contributed by atoms with Gasteiger partial charge in [0.25, 0.3) is 0 Å². The van der Waals surface area contributed by atoms with Crippen molar-refractivity contribution in [1.29, 1.82) is 0 Å². The Morgan fingerprint density at radius 1 is 0.900 bits per heavy atom. The van der Waals surface area contributed by atoms with Gasteiger partial charge in [0.1, 0.15) is 5.75 Å². The van der Waals surface area contributed by atoms with Crippen LogP contribution in [-0.2, 0) is 11.3 Å². The van der Waals surface area contributed by atoms with E-state index in [-0.39, 0.29) is 29.8 Å². The second-order valence-electron chi connectivity index (χ2n) is 11.1. The lowest BCUT2D eigenvalue weighted by Gasteiger charge is -2.32. The van der Waals surface area contributed by atoms with Gasteiger partial charge in [-0.15, -0.1) is 0 Å². The van der Waals surface area contributed by atoms with Crippen LogP contribution in [0.15, 0.2) is 78.9 Å². The van der Waals surface area contributed by atoms with Gasteiger partial charge in [0.2, 0.25) is 5.91 Å². The van der Waals surface area contributed by atoms with E-state index in [1.807, 2.05) is 71.3 Å². The van der Waals surface area contributed by atoms with Gasteiger partial charge in [0.05, 0.1) is 19.7 Å². The summed E-state index contributed by atoms with van der Waals surface area (Å²) < 4.78 is 5.27. The quantitative estimate of drug-likeness (QED) is 0.333. The highest BCUT2D eigenvalue weighted by atomic mass is 16.5. The lowest BCUT2D eigenvalue weighted by Crippen LogP contribution is -2.41. The number of likely N-dealkylation sites (tertiary alicyclic amines) is 1. The average Bonchev–Trinajstić information content (AvgIpc) is 3.56. The molecule has 2 aliphatic rings. The Kier molecular flexibility index (Phi) is 9.04. The molecular weight excluding hydrogens is 498 g/mol. The van der Waals surface area contributed by atoms with Gasteiger partial charge in [-0.3, -0.25) is 9.69 Å². The van der Waals surface area contributed by atoms with Crippen molar-refractivity contribution in [1.82, 2.24) is 10.2 Å². The summed E-state index contributed by atoms with van der Waals surface area (Å²) in [4.78, 5) is 30.7. The Balaban J connectivity index is 1.28. The minimum absolute atomic E-state index is 0.0436. The average molecular weight is 540 g/mol. The van der Waals surface area contributed by atoms with Crippen LogP contribution in [0.5, 0.6) is 5.75 Å². The normalized spacial score (nSPS) is 19.6. The Hall–Kier alpha value is -3.80. The standard InChI is InChI=1S/C34H41N3O3/c1-25(27-18-20-30(40-2)21-19-27)35-33(38)32-13-7-6-12-31(32)28-16-14-26(15-17-28)24-37(29-10-4-3-5-11-29)34(39)36-22-8-9-23-36/h3-5,10-11,14-21,25,31-32H,6-9,12-13,22-24H2,1-2H3,(H,35,38)/t25?,31-,32+/m1/s1. The molecule has 210 valence electrons. The van der Waals surface area contributed by atoms with Crippen LogP contribution in [-0.4, -0.2) is 37.0 Å². The maximum absolute atomic E-state index is 13.5. The predicted octanol–water partition coefficient (Wildman–Crippen LogP) is 7.07. The summed E-state index contributed by atoms with van der Waals surface area (Å²) in [5.74, 6) is 1.09. The number of ether oxygens (including phenoxy) is 1. The van der Waals surface area contributed by atoms with E-state index >= 15 is 0 Å². The van der Waals surface area contributed by atoms with E-state index in [1.54, 1.807) is 7.11 Å². The molecule has 2 fully saturated rings. The maximum atomic E-state index is 13.5. The van der Waals surface area contributed by atoms with Gasteiger partial charge in [0.15, 0.2) is 0 Å². The van der Waals surface area contributed by atoms with Crippen molar-refractivity contribution >= 4 is 17.6 Å². The number of carbonyl (C=O) groups is 2. The highest BCUT2D eigenvalue weighted by Gasteiger charge is 2.33. The fraction of sp³-hybridized carbons (Fsp3) is 0.412. The van der Waals surface area contributed by atoms with Crippen LogP contribution in [0.25, 0.3) is 0 Å². The van der Waals surface area contributed by atoms with Gasteiger partial charge in [-0.2, -0.15) is 0 Å². The molecule has 1 aliphatic carbocycles. The number of hydrogen-bond donors (Lipinski definition) is 1. The summed E-state index contributed by atoms with van der Waals surface area (Å²) in [5, 5.41) is 3.27. The Labute approximate surface area is 238 Å². The highest BCUT2D eigenvalue weighted by Crippen LogP contribution is 2.38. The zero-order valence-corrected chi connectivity index (χ0v) is 23.7. The molecule has 6 nitrogen and oxygen atoms in total. The van der Waals surface area contributed by atoms with Crippen LogP contribution in [0.1, 0.15) is 74.1 Å². The van der Waals surface area contributed by atoms with Crippen LogP contribution in [0.2, 0.25) is 0 Å². The van der Waals surface area contributed by atoms with E-state index in [1.165, 1.54) is 5.56 Å². The van der Waals surface area contributed by atoms with Crippen molar-refractivity contribution in [3.05, 3.63) is 95.6 Å². The summed E-state index contributed by atoms with van der Waals surface area (Å²) in [7, 11) is 1.66. The molecule has 1 aliphatic heterocycles. The van der Waals surface area contributed by atoms with Crippen molar-refractivity contribution in [2.24, 2.45) is 5.92 Å². The molecule has 0 bridgehead atoms. The largest absolute Gasteiger partial charge is 0.497 e. The first-order valence-electron chi connectivity index (χ1n) is 14.7. The number of nitrogens with one attached hydrogen (secondary N) is 1. The number of benzene rings is 3. The first kappa shape index (κ1) is 27.8. The Morgan fingerprint density at radius 2 is 1.57 bits per heavy atom. The molecule has 1 saturated heterocycles. The summed E-state index contributed by atoms with van der Waals surface area (Å²) >= 11 is 0. The lowest BCUT2D eigenvalue weighted by molar-refractivity contribution is -0.127. The summed E-state index contributed by atoms with van der Waals surface area (Å²) in [6.07, 6.45) is 6.26. The molecule has 1 heterocycles. The molecule has 3 aromatic carbocycles. The first-order chi connectivity index (χ1) is 19.5. The second-order valence-corrected chi connectivity index (χ2v) is 11.1. The number of anilines is 1. The minimum Gasteiger partial charge on any atom is -0.497 e. The molecule has 0 spiro atoms. The zero-order valence-electron chi connectivity index (χ0n) is 23.7.